The number of carbonyl (C=O) groups excluding carboxylic acids is 1. The van der Waals surface area contributed by atoms with E-state index in [0.717, 1.165) is 21.6 Å². The van der Waals surface area contributed by atoms with Gasteiger partial charge in [0.1, 0.15) is 0 Å². The van der Waals surface area contributed by atoms with Gasteiger partial charge in [-0.1, -0.05) is 35.9 Å². The van der Waals surface area contributed by atoms with Crippen LogP contribution in [0.5, 0.6) is 0 Å². The Kier molecular flexibility index (Phi) is 6.47. The summed E-state index contributed by atoms with van der Waals surface area (Å²) in [6.45, 7) is 7.32. The van der Waals surface area contributed by atoms with Gasteiger partial charge in [0, 0.05) is 31.1 Å². The summed E-state index contributed by atoms with van der Waals surface area (Å²) >= 11 is 1.53. The van der Waals surface area contributed by atoms with Crippen LogP contribution in [0.3, 0.4) is 0 Å². The fourth-order valence-electron chi connectivity index (χ4n) is 3.35. The van der Waals surface area contributed by atoms with Crippen LogP contribution in [-0.4, -0.2) is 55.5 Å². The number of sulfonamides is 1. The minimum Gasteiger partial charge on any atom is -0.339 e. The molecule has 0 saturated carbocycles. The summed E-state index contributed by atoms with van der Waals surface area (Å²) in [5.74, 6) is 0.422. The van der Waals surface area contributed by atoms with Crippen molar-refractivity contribution in [3.8, 4) is 0 Å². The number of nitrogens with zero attached hydrogens (tertiary/aromatic N) is 2. The number of amides is 1. The van der Waals surface area contributed by atoms with Crippen LogP contribution in [0.25, 0.3) is 0 Å². The molecule has 0 aliphatic carbocycles. The van der Waals surface area contributed by atoms with Crippen LogP contribution < -0.4 is 0 Å². The monoisotopic (exact) mass is 418 g/mol. The van der Waals surface area contributed by atoms with E-state index in [-0.39, 0.29) is 5.91 Å². The Morgan fingerprint density at radius 2 is 1.64 bits per heavy atom. The Morgan fingerprint density at radius 1 is 0.964 bits per heavy atom. The standard InChI is InChI=1S/C21H26N2O3S2/c1-16-8-9-20(18(3)14-16)28(25,26)23-12-10-22(11-13-23)21(24)15-27-19-7-5-4-6-17(19)2/h4-9,14H,10-13,15H2,1-3H3. The molecule has 1 aliphatic heterocycles. The summed E-state index contributed by atoms with van der Waals surface area (Å²) in [4.78, 5) is 15.8. The highest BCUT2D eigenvalue weighted by Crippen LogP contribution is 2.24. The van der Waals surface area contributed by atoms with Gasteiger partial charge < -0.3 is 4.90 Å². The highest BCUT2D eigenvalue weighted by molar-refractivity contribution is 8.00. The van der Waals surface area contributed by atoms with Gasteiger partial charge in [-0.05, 0) is 44.0 Å². The number of benzene rings is 2. The van der Waals surface area contributed by atoms with Crippen molar-refractivity contribution in [1.29, 1.82) is 0 Å². The molecule has 1 aliphatic rings. The van der Waals surface area contributed by atoms with Crippen LogP contribution in [0.1, 0.15) is 16.7 Å². The van der Waals surface area contributed by atoms with Gasteiger partial charge in [-0.15, -0.1) is 11.8 Å². The second kappa shape index (κ2) is 8.68. The second-order valence-electron chi connectivity index (χ2n) is 7.11. The molecule has 28 heavy (non-hydrogen) atoms. The number of hydrogen-bond acceptors (Lipinski definition) is 4. The summed E-state index contributed by atoms with van der Waals surface area (Å²) in [5, 5.41) is 0. The zero-order chi connectivity index (χ0) is 20.3. The number of thioether (sulfide) groups is 1. The zero-order valence-electron chi connectivity index (χ0n) is 16.5. The quantitative estimate of drug-likeness (QED) is 0.700. The number of carbonyl (C=O) groups is 1. The molecule has 150 valence electrons. The first-order chi connectivity index (χ1) is 13.3. The lowest BCUT2D eigenvalue weighted by Gasteiger charge is -2.34. The SMILES string of the molecule is Cc1ccc(S(=O)(=O)N2CCN(C(=O)CSc3ccccc3C)CC2)c(C)c1. The topological polar surface area (TPSA) is 57.7 Å². The molecule has 0 bridgehead atoms. The third kappa shape index (κ3) is 4.59. The van der Waals surface area contributed by atoms with E-state index in [2.05, 4.69) is 0 Å². The van der Waals surface area contributed by atoms with E-state index in [1.807, 2.05) is 57.2 Å². The smallest absolute Gasteiger partial charge is 0.243 e. The van der Waals surface area contributed by atoms with Crippen molar-refractivity contribution >= 4 is 27.7 Å². The van der Waals surface area contributed by atoms with Crippen LogP contribution in [0.2, 0.25) is 0 Å². The molecule has 0 aromatic heterocycles. The highest BCUT2D eigenvalue weighted by Gasteiger charge is 2.30. The molecule has 2 aromatic carbocycles. The summed E-state index contributed by atoms with van der Waals surface area (Å²) in [5.41, 5.74) is 2.95. The van der Waals surface area contributed by atoms with Crippen LogP contribution >= 0.6 is 11.8 Å². The molecule has 1 saturated heterocycles. The zero-order valence-corrected chi connectivity index (χ0v) is 18.1. The van der Waals surface area contributed by atoms with E-state index in [1.54, 1.807) is 11.0 Å². The van der Waals surface area contributed by atoms with Crippen molar-refractivity contribution in [1.82, 2.24) is 9.21 Å². The molecule has 7 heteroatoms. The minimum absolute atomic E-state index is 0.0526. The third-order valence-corrected chi connectivity index (χ3v) is 8.20. The van der Waals surface area contributed by atoms with Gasteiger partial charge in [0.15, 0.2) is 0 Å². The van der Waals surface area contributed by atoms with Crippen molar-refractivity contribution in [2.45, 2.75) is 30.6 Å². The number of aryl methyl sites for hydroxylation is 3. The molecule has 1 fully saturated rings. The third-order valence-electron chi connectivity index (χ3n) is 4.98. The lowest BCUT2D eigenvalue weighted by Crippen LogP contribution is -2.51. The lowest BCUT2D eigenvalue weighted by molar-refractivity contribution is -0.129. The average molecular weight is 419 g/mol. The van der Waals surface area contributed by atoms with Crippen LogP contribution in [0.4, 0.5) is 0 Å². The minimum atomic E-state index is -3.53. The molecular formula is C21H26N2O3S2. The molecule has 1 heterocycles. The molecule has 1 amide bonds. The van der Waals surface area contributed by atoms with Gasteiger partial charge in [-0.2, -0.15) is 4.31 Å². The Balaban J connectivity index is 1.59. The van der Waals surface area contributed by atoms with Gasteiger partial charge in [0.25, 0.3) is 0 Å². The molecule has 0 spiro atoms. The van der Waals surface area contributed by atoms with Crippen molar-refractivity contribution in [2.75, 3.05) is 31.9 Å². The van der Waals surface area contributed by atoms with Crippen LogP contribution in [0, 0.1) is 20.8 Å². The fraction of sp³-hybridized carbons (Fsp3) is 0.381. The summed E-state index contributed by atoms with van der Waals surface area (Å²) < 4.78 is 27.4. The average Bonchev–Trinajstić information content (AvgIpc) is 2.67. The van der Waals surface area contributed by atoms with E-state index in [0.29, 0.717) is 36.8 Å². The van der Waals surface area contributed by atoms with Crippen LogP contribution in [0.15, 0.2) is 52.3 Å². The maximum Gasteiger partial charge on any atom is 0.243 e. The molecule has 3 rings (SSSR count). The van der Waals surface area contributed by atoms with Gasteiger partial charge in [-0.3, -0.25) is 4.79 Å². The predicted octanol–water partition coefficient (Wildman–Crippen LogP) is 3.24. The van der Waals surface area contributed by atoms with Gasteiger partial charge in [-0.25, -0.2) is 8.42 Å². The largest absolute Gasteiger partial charge is 0.339 e. The van der Waals surface area contributed by atoms with E-state index in [1.165, 1.54) is 16.1 Å². The summed E-state index contributed by atoms with van der Waals surface area (Å²) in [7, 11) is -3.53. The van der Waals surface area contributed by atoms with Crippen LogP contribution in [-0.2, 0) is 14.8 Å². The number of piperazine rings is 1. The van der Waals surface area contributed by atoms with E-state index in [9.17, 15) is 13.2 Å². The summed E-state index contributed by atoms with van der Waals surface area (Å²) in [6.07, 6.45) is 0. The molecular weight excluding hydrogens is 392 g/mol. The molecule has 0 N–H and O–H groups in total. The Hall–Kier alpha value is -1.83. The highest BCUT2D eigenvalue weighted by atomic mass is 32.2. The lowest BCUT2D eigenvalue weighted by atomic mass is 10.2. The van der Waals surface area contributed by atoms with Gasteiger partial charge in [0.05, 0.1) is 10.6 Å². The van der Waals surface area contributed by atoms with E-state index < -0.39 is 10.0 Å². The van der Waals surface area contributed by atoms with Crippen molar-refractivity contribution in [3.63, 3.8) is 0 Å². The Morgan fingerprint density at radius 3 is 2.29 bits per heavy atom. The van der Waals surface area contributed by atoms with Gasteiger partial charge >= 0.3 is 0 Å². The summed E-state index contributed by atoms with van der Waals surface area (Å²) in [6, 6.07) is 13.4. The maximum absolute atomic E-state index is 13.0. The first-order valence-corrected chi connectivity index (χ1v) is 11.8. The fourth-order valence-corrected chi connectivity index (χ4v) is 5.91. The van der Waals surface area contributed by atoms with Crippen molar-refractivity contribution in [2.24, 2.45) is 0 Å². The van der Waals surface area contributed by atoms with Crippen molar-refractivity contribution in [3.05, 3.63) is 59.2 Å². The number of hydrogen-bond donors (Lipinski definition) is 0. The first kappa shape index (κ1) is 20.9. The Bertz CT molecular complexity index is 965. The van der Waals surface area contributed by atoms with E-state index >= 15 is 0 Å². The maximum atomic E-state index is 13.0. The normalized spacial score (nSPS) is 15.6. The van der Waals surface area contributed by atoms with Gasteiger partial charge in [0.2, 0.25) is 15.9 Å². The number of rotatable bonds is 5. The molecule has 2 aromatic rings. The first-order valence-electron chi connectivity index (χ1n) is 9.32. The molecule has 0 radical (unpaired) electrons. The van der Waals surface area contributed by atoms with Crippen molar-refractivity contribution < 1.29 is 13.2 Å². The molecule has 0 atom stereocenters. The predicted molar refractivity (Wildman–Crippen MR) is 113 cm³/mol. The van der Waals surface area contributed by atoms with E-state index in [4.69, 9.17) is 0 Å². The molecule has 0 unspecified atom stereocenters. The molecule has 5 nitrogen and oxygen atoms in total. The Labute approximate surface area is 171 Å². The second-order valence-corrected chi connectivity index (χ2v) is 10.0.